The Morgan fingerprint density at radius 3 is 3.00 bits per heavy atom. The standard InChI is InChI=1S/C18H18ClN3O2S/c1-12-6-7-15-13(10-12)4-3-9-22(15)18(24)25-11-16(23)21-14-5-2-8-20-17(14)19/h2,5-8,10H,3-4,9,11H2,1H3,(H,21,23). The predicted octanol–water partition coefficient (Wildman–Crippen LogP) is 4.29. The van der Waals surface area contributed by atoms with Crippen LogP contribution in [0.5, 0.6) is 0 Å². The molecule has 7 heteroatoms. The summed E-state index contributed by atoms with van der Waals surface area (Å²) in [6, 6.07) is 9.47. The molecule has 1 aliphatic rings. The number of carbonyl (C=O) groups is 2. The van der Waals surface area contributed by atoms with Crippen molar-refractivity contribution in [3.05, 3.63) is 52.8 Å². The molecule has 1 aliphatic heterocycles. The van der Waals surface area contributed by atoms with Crippen molar-refractivity contribution in [2.24, 2.45) is 0 Å². The molecule has 0 bridgehead atoms. The van der Waals surface area contributed by atoms with Gasteiger partial charge in [0.15, 0.2) is 5.15 Å². The number of fused-ring (bicyclic) bond motifs is 1. The van der Waals surface area contributed by atoms with Crippen molar-refractivity contribution < 1.29 is 9.59 Å². The fraction of sp³-hybridized carbons (Fsp3) is 0.278. The van der Waals surface area contributed by atoms with Crippen LogP contribution in [-0.2, 0) is 11.2 Å². The number of carbonyl (C=O) groups excluding carboxylic acids is 2. The van der Waals surface area contributed by atoms with Gasteiger partial charge in [0.25, 0.3) is 5.24 Å². The minimum atomic E-state index is -0.283. The molecule has 0 fully saturated rings. The second-order valence-electron chi connectivity index (χ2n) is 5.83. The quantitative estimate of drug-likeness (QED) is 0.813. The number of nitrogens with one attached hydrogen (secondary N) is 1. The lowest BCUT2D eigenvalue weighted by molar-refractivity contribution is -0.113. The van der Waals surface area contributed by atoms with E-state index in [0.29, 0.717) is 12.2 Å². The van der Waals surface area contributed by atoms with Crippen molar-refractivity contribution in [3.8, 4) is 0 Å². The first kappa shape index (κ1) is 17.8. The number of rotatable bonds is 3. The first-order valence-electron chi connectivity index (χ1n) is 7.99. The first-order chi connectivity index (χ1) is 12.0. The summed E-state index contributed by atoms with van der Waals surface area (Å²) in [6.07, 6.45) is 3.46. The molecule has 0 spiro atoms. The van der Waals surface area contributed by atoms with E-state index in [1.54, 1.807) is 23.2 Å². The van der Waals surface area contributed by atoms with Crippen molar-refractivity contribution in [2.75, 3.05) is 22.5 Å². The van der Waals surface area contributed by atoms with Gasteiger partial charge in [-0.05, 0) is 43.5 Å². The minimum absolute atomic E-state index is 0.0295. The Balaban J connectivity index is 1.60. The van der Waals surface area contributed by atoms with E-state index in [-0.39, 0.29) is 22.1 Å². The number of benzene rings is 1. The van der Waals surface area contributed by atoms with E-state index in [1.807, 2.05) is 19.1 Å². The molecule has 1 aromatic carbocycles. The van der Waals surface area contributed by atoms with Gasteiger partial charge in [0.1, 0.15) is 0 Å². The van der Waals surface area contributed by atoms with Crippen LogP contribution >= 0.6 is 23.4 Å². The number of anilines is 2. The molecule has 25 heavy (non-hydrogen) atoms. The van der Waals surface area contributed by atoms with Gasteiger partial charge in [0, 0.05) is 18.4 Å². The zero-order valence-electron chi connectivity index (χ0n) is 13.8. The van der Waals surface area contributed by atoms with Gasteiger partial charge in [0.2, 0.25) is 5.91 Å². The van der Waals surface area contributed by atoms with Crippen LogP contribution in [0.25, 0.3) is 0 Å². The van der Waals surface area contributed by atoms with Crippen molar-refractivity contribution in [1.82, 2.24) is 4.98 Å². The highest BCUT2D eigenvalue weighted by Gasteiger charge is 2.23. The van der Waals surface area contributed by atoms with Crippen molar-refractivity contribution >= 4 is 45.9 Å². The number of hydrogen-bond donors (Lipinski definition) is 1. The number of halogens is 1. The molecule has 2 amide bonds. The van der Waals surface area contributed by atoms with Gasteiger partial charge in [-0.3, -0.25) is 9.59 Å². The molecular formula is C18H18ClN3O2S. The fourth-order valence-electron chi connectivity index (χ4n) is 2.79. The Labute approximate surface area is 155 Å². The number of hydrogen-bond acceptors (Lipinski definition) is 4. The normalized spacial score (nSPS) is 13.3. The summed E-state index contributed by atoms with van der Waals surface area (Å²) in [5.74, 6) is -0.253. The Morgan fingerprint density at radius 1 is 1.36 bits per heavy atom. The van der Waals surface area contributed by atoms with E-state index >= 15 is 0 Å². The number of amides is 2. The first-order valence-corrected chi connectivity index (χ1v) is 9.35. The molecule has 130 valence electrons. The van der Waals surface area contributed by atoms with Gasteiger partial charge in [-0.2, -0.15) is 0 Å². The van der Waals surface area contributed by atoms with Crippen LogP contribution in [0.3, 0.4) is 0 Å². The average molecular weight is 376 g/mol. The second-order valence-corrected chi connectivity index (χ2v) is 7.12. The summed E-state index contributed by atoms with van der Waals surface area (Å²) in [7, 11) is 0. The molecule has 2 heterocycles. The third-order valence-electron chi connectivity index (χ3n) is 3.93. The van der Waals surface area contributed by atoms with E-state index in [2.05, 4.69) is 16.4 Å². The summed E-state index contributed by atoms with van der Waals surface area (Å²) >= 11 is 6.91. The third kappa shape index (κ3) is 4.32. The molecule has 1 aromatic heterocycles. The highest BCUT2D eigenvalue weighted by atomic mass is 35.5. The smallest absolute Gasteiger partial charge is 0.286 e. The van der Waals surface area contributed by atoms with Crippen LogP contribution in [-0.4, -0.2) is 28.4 Å². The lowest BCUT2D eigenvalue weighted by atomic mass is 10.0. The van der Waals surface area contributed by atoms with Crippen LogP contribution in [0.1, 0.15) is 17.5 Å². The molecule has 0 radical (unpaired) electrons. The van der Waals surface area contributed by atoms with E-state index in [4.69, 9.17) is 11.6 Å². The van der Waals surface area contributed by atoms with E-state index in [1.165, 1.54) is 11.1 Å². The maximum Gasteiger partial charge on any atom is 0.286 e. The number of aromatic nitrogens is 1. The van der Waals surface area contributed by atoms with E-state index < -0.39 is 0 Å². The van der Waals surface area contributed by atoms with Gasteiger partial charge in [-0.25, -0.2) is 4.98 Å². The number of aryl methyl sites for hydroxylation is 2. The maximum absolute atomic E-state index is 12.5. The van der Waals surface area contributed by atoms with E-state index in [0.717, 1.165) is 30.3 Å². The van der Waals surface area contributed by atoms with Crippen LogP contribution < -0.4 is 10.2 Å². The zero-order chi connectivity index (χ0) is 17.8. The van der Waals surface area contributed by atoms with Crippen LogP contribution in [0, 0.1) is 6.92 Å². The molecule has 2 aromatic rings. The van der Waals surface area contributed by atoms with Crippen molar-refractivity contribution in [1.29, 1.82) is 0 Å². The summed E-state index contributed by atoms with van der Waals surface area (Å²) in [5, 5.41) is 2.79. The maximum atomic E-state index is 12.5. The highest BCUT2D eigenvalue weighted by molar-refractivity contribution is 8.14. The zero-order valence-corrected chi connectivity index (χ0v) is 15.4. The molecule has 1 N–H and O–H groups in total. The topological polar surface area (TPSA) is 62.3 Å². The Bertz CT molecular complexity index is 813. The molecule has 0 unspecified atom stereocenters. The van der Waals surface area contributed by atoms with Crippen LogP contribution in [0.2, 0.25) is 5.15 Å². The monoisotopic (exact) mass is 375 g/mol. The predicted molar refractivity (Wildman–Crippen MR) is 103 cm³/mol. The summed E-state index contributed by atoms with van der Waals surface area (Å²) in [6.45, 7) is 2.72. The Kier molecular flexibility index (Phi) is 5.60. The molecule has 0 saturated heterocycles. The largest absolute Gasteiger partial charge is 0.323 e. The minimum Gasteiger partial charge on any atom is -0.323 e. The molecule has 0 aliphatic carbocycles. The van der Waals surface area contributed by atoms with Crippen LogP contribution in [0.4, 0.5) is 16.2 Å². The summed E-state index contributed by atoms with van der Waals surface area (Å²) in [4.78, 5) is 30.3. The second kappa shape index (κ2) is 7.89. The lowest BCUT2D eigenvalue weighted by Gasteiger charge is -2.29. The van der Waals surface area contributed by atoms with E-state index in [9.17, 15) is 9.59 Å². The number of thioether (sulfide) groups is 1. The van der Waals surface area contributed by atoms with Crippen molar-refractivity contribution in [2.45, 2.75) is 19.8 Å². The Morgan fingerprint density at radius 2 is 2.20 bits per heavy atom. The van der Waals surface area contributed by atoms with Gasteiger partial charge in [-0.15, -0.1) is 0 Å². The highest BCUT2D eigenvalue weighted by Crippen LogP contribution is 2.30. The summed E-state index contributed by atoms with van der Waals surface area (Å²) < 4.78 is 0. The fourth-order valence-corrected chi connectivity index (χ4v) is 3.63. The van der Waals surface area contributed by atoms with Crippen LogP contribution in [0.15, 0.2) is 36.5 Å². The SMILES string of the molecule is Cc1ccc2c(c1)CCCN2C(=O)SCC(=O)Nc1cccnc1Cl. The lowest BCUT2D eigenvalue weighted by Crippen LogP contribution is -2.33. The molecular weight excluding hydrogens is 358 g/mol. The Hall–Kier alpha value is -2.05. The number of nitrogens with zero attached hydrogens (tertiary/aromatic N) is 2. The summed E-state index contributed by atoms with van der Waals surface area (Å²) in [5.41, 5.74) is 3.77. The number of pyridine rings is 1. The molecule has 0 saturated carbocycles. The molecule has 0 atom stereocenters. The van der Waals surface area contributed by atoms with Gasteiger partial charge in [-0.1, -0.05) is 41.1 Å². The molecule has 5 nitrogen and oxygen atoms in total. The molecule has 3 rings (SSSR count). The van der Waals surface area contributed by atoms with Gasteiger partial charge in [0.05, 0.1) is 11.4 Å². The van der Waals surface area contributed by atoms with Gasteiger partial charge >= 0.3 is 0 Å². The average Bonchev–Trinajstić information content (AvgIpc) is 2.61. The van der Waals surface area contributed by atoms with Gasteiger partial charge < -0.3 is 10.2 Å². The van der Waals surface area contributed by atoms with Crippen molar-refractivity contribution in [3.63, 3.8) is 0 Å². The third-order valence-corrected chi connectivity index (χ3v) is 5.11.